The van der Waals surface area contributed by atoms with E-state index in [2.05, 4.69) is 9.78 Å². The Morgan fingerprint density at radius 3 is 2.55 bits per heavy atom. The third-order valence-corrected chi connectivity index (χ3v) is 1.12. The van der Waals surface area contributed by atoms with Crippen LogP contribution in [-0.2, 0) is 4.89 Å². The molecule has 11 heavy (non-hydrogen) atoms. The lowest BCUT2D eigenvalue weighted by atomic mass is 10.3. The van der Waals surface area contributed by atoms with Gasteiger partial charge in [-0.15, -0.1) is 0 Å². The van der Waals surface area contributed by atoms with Gasteiger partial charge in [0.2, 0.25) is 5.75 Å². The summed E-state index contributed by atoms with van der Waals surface area (Å²) in [6, 6.07) is 3.94. The standard InChI is InChI=1S/C7H8O4/c1-10-11-7-3-2-5(8)4-6(7)9/h2-4,8-9H,1H3. The average Bonchev–Trinajstić information content (AvgIpc) is 1.95. The Kier molecular flexibility index (Phi) is 2.18. The van der Waals surface area contributed by atoms with Crippen LogP contribution in [0.4, 0.5) is 0 Å². The van der Waals surface area contributed by atoms with Gasteiger partial charge in [-0.1, -0.05) is 0 Å². The predicted octanol–water partition coefficient (Wildman–Crippen LogP) is 1.04. The zero-order valence-corrected chi connectivity index (χ0v) is 5.94. The van der Waals surface area contributed by atoms with Crippen LogP contribution in [0.5, 0.6) is 17.2 Å². The molecular weight excluding hydrogens is 148 g/mol. The summed E-state index contributed by atoms with van der Waals surface area (Å²) in [5.41, 5.74) is 0. The maximum atomic E-state index is 9.06. The molecule has 0 spiro atoms. The monoisotopic (exact) mass is 156 g/mol. The number of aromatic hydroxyl groups is 2. The number of benzene rings is 1. The molecule has 0 bridgehead atoms. The summed E-state index contributed by atoms with van der Waals surface area (Å²) >= 11 is 0. The Bertz CT molecular complexity index is 246. The van der Waals surface area contributed by atoms with Crippen LogP contribution in [0.2, 0.25) is 0 Å². The molecule has 0 radical (unpaired) electrons. The van der Waals surface area contributed by atoms with Gasteiger partial charge in [-0.25, -0.2) is 0 Å². The van der Waals surface area contributed by atoms with E-state index in [9.17, 15) is 0 Å². The van der Waals surface area contributed by atoms with Gasteiger partial charge >= 0.3 is 0 Å². The average molecular weight is 156 g/mol. The lowest BCUT2D eigenvalue weighted by Crippen LogP contribution is -1.89. The van der Waals surface area contributed by atoms with Crippen LogP contribution in [0.25, 0.3) is 0 Å². The van der Waals surface area contributed by atoms with Crippen LogP contribution < -0.4 is 4.89 Å². The molecule has 0 amide bonds. The highest BCUT2D eigenvalue weighted by atomic mass is 17.2. The molecule has 0 aliphatic heterocycles. The van der Waals surface area contributed by atoms with Crippen LogP contribution >= 0.6 is 0 Å². The van der Waals surface area contributed by atoms with Crippen LogP contribution in [0.15, 0.2) is 18.2 Å². The normalized spacial score (nSPS) is 9.55. The maximum absolute atomic E-state index is 9.06. The molecule has 0 saturated heterocycles. The van der Waals surface area contributed by atoms with E-state index in [1.54, 1.807) is 0 Å². The summed E-state index contributed by atoms with van der Waals surface area (Å²) in [6.45, 7) is 0. The van der Waals surface area contributed by atoms with Gasteiger partial charge in [0.25, 0.3) is 0 Å². The third-order valence-electron chi connectivity index (χ3n) is 1.12. The highest BCUT2D eigenvalue weighted by Gasteiger charge is 2.02. The van der Waals surface area contributed by atoms with Crippen molar-refractivity contribution in [3.8, 4) is 17.2 Å². The second kappa shape index (κ2) is 3.12. The number of rotatable bonds is 2. The molecule has 0 aromatic heterocycles. The minimum atomic E-state index is -0.160. The van der Waals surface area contributed by atoms with E-state index in [-0.39, 0.29) is 17.2 Å². The van der Waals surface area contributed by atoms with Crippen molar-refractivity contribution in [3.05, 3.63) is 18.2 Å². The van der Waals surface area contributed by atoms with Gasteiger partial charge in [-0.3, -0.25) is 0 Å². The van der Waals surface area contributed by atoms with E-state index in [1.807, 2.05) is 0 Å². The molecule has 4 nitrogen and oxygen atoms in total. The highest BCUT2D eigenvalue weighted by molar-refractivity contribution is 5.43. The van der Waals surface area contributed by atoms with Gasteiger partial charge in [0.15, 0.2) is 5.75 Å². The summed E-state index contributed by atoms with van der Waals surface area (Å²) in [7, 11) is 1.33. The van der Waals surface area contributed by atoms with E-state index in [4.69, 9.17) is 10.2 Å². The molecule has 0 saturated carbocycles. The summed E-state index contributed by atoms with van der Waals surface area (Å²) in [4.78, 5) is 8.84. The first-order chi connectivity index (χ1) is 5.24. The van der Waals surface area contributed by atoms with E-state index in [0.29, 0.717) is 0 Å². The first-order valence-corrected chi connectivity index (χ1v) is 2.96. The van der Waals surface area contributed by atoms with Gasteiger partial charge in [0.05, 0.1) is 7.11 Å². The van der Waals surface area contributed by atoms with E-state index in [1.165, 1.54) is 19.2 Å². The van der Waals surface area contributed by atoms with Crippen LogP contribution in [0.3, 0.4) is 0 Å². The predicted molar refractivity (Wildman–Crippen MR) is 37.4 cm³/mol. The van der Waals surface area contributed by atoms with Crippen molar-refractivity contribution in [1.29, 1.82) is 0 Å². The molecule has 4 heteroatoms. The van der Waals surface area contributed by atoms with Crippen molar-refractivity contribution in [3.63, 3.8) is 0 Å². The van der Waals surface area contributed by atoms with Gasteiger partial charge in [0.1, 0.15) is 5.75 Å². The Morgan fingerprint density at radius 1 is 1.27 bits per heavy atom. The molecule has 60 valence electrons. The second-order valence-electron chi connectivity index (χ2n) is 1.90. The smallest absolute Gasteiger partial charge is 0.207 e. The zero-order chi connectivity index (χ0) is 8.27. The molecule has 0 unspecified atom stereocenters. The SMILES string of the molecule is COOc1ccc(O)cc1O. The molecule has 0 fully saturated rings. The van der Waals surface area contributed by atoms with Gasteiger partial charge in [-0.2, -0.15) is 4.89 Å². The van der Waals surface area contributed by atoms with Crippen molar-refractivity contribution in [2.75, 3.05) is 7.11 Å². The van der Waals surface area contributed by atoms with Crippen molar-refractivity contribution in [2.45, 2.75) is 0 Å². The topological polar surface area (TPSA) is 58.9 Å². The van der Waals surface area contributed by atoms with Gasteiger partial charge in [0, 0.05) is 6.07 Å². The van der Waals surface area contributed by atoms with E-state index in [0.717, 1.165) is 6.07 Å². The molecular formula is C7H8O4. The summed E-state index contributed by atoms with van der Waals surface area (Å²) < 4.78 is 0. The minimum absolute atomic E-state index is 0.0223. The Hall–Kier alpha value is -1.42. The Balaban J connectivity index is 2.90. The van der Waals surface area contributed by atoms with E-state index < -0.39 is 0 Å². The molecule has 1 aromatic carbocycles. The molecule has 2 N–H and O–H groups in total. The first kappa shape index (κ1) is 7.68. The van der Waals surface area contributed by atoms with E-state index >= 15 is 0 Å². The fourth-order valence-corrected chi connectivity index (χ4v) is 0.666. The maximum Gasteiger partial charge on any atom is 0.207 e. The quantitative estimate of drug-likeness (QED) is 0.496. The Labute approximate surface area is 63.5 Å². The first-order valence-electron chi connectivity index (χ1n) is 2.96. The van der Waals surface area contributed by atoms with Gasteiger partial charge < -0.3 is 15.1 Å². The molecule has 0 aliphatic carbocycles. The number of hydrogen-bond acceptors (Lipinski definition) is 4. The fraction of sp³-hybridized carbons (Fsp3) is 0.143. The number of phenolic OH excluding ortho intramolecular Hbond substituents is 2. The molecule has 0 heterocycles. The van der Waals surface area contributed by atoms with Crippen LogP contribution in [-0.4, -0.2) is 17.3 Å². The lowest BCUT2D eigenvalue weighted by molar-refractivity contribution is -0.179. The van der Waals surface area contributed by atoms with Crippen LogP contribution in [0, 0.1) is 0 Å². The molecule has 1 rings (SSSR count). The summed E-state index contributed by atoms with van der Waals surface area (Å²) in [5.74, 6) is -0.0110. The Morgan fingerprint density at radius 2 is 2.00 bits per heavy atom. The second-order valence-corrected chi connectivity index (χ2v) is 1.90. The third kappa shape index (κ3) is 1.75. The number of hydrogen-bond donors (Lipinski definition) is 2. The van der Waals surface area contributed by atoms with Gasteiger partial charge in [-0.05, 0) is 12.1 Å². The molecule has 0 aliphatic rings. The molecule has 1 aromatic rings. The lowest BCUT2D eigenvalue weighted by Gasteiger charge is -2.02. The zero-order valence-electron chi connectivity index (χ0n) is 5.94. The highest BCUT2D eigenvalue weighted by Crippen LogP contribution is 2.29. The van der Waals surface area contributed by atoms with Crippen molar-refractivity contribution < 1.29 is 20.0 Å². The number of phenols is 2. The van der Waals surface area contributed by atoms with Crippen molar-refractivity contribution in [1.82, 2.24) is 0 Å². The molecule has 0 atom stereocenters. The minimum Gasteiger partial charge on any atom is -0.508 e. The van der Waals surface area contributed by atoms with Crippen molar-refractivity contribution >= 4 is 0 Å². The van der Waals surface area contributed by atoms with Crippen molar-refractivity contribution in [2.24, 2.45) is 0 Å². The summed E-state index contributed by atoms with van der Waals surface area (Å²) in [6.07, 6.45) is 0. The fourth-order valence-electron chi connectivity index (χ4n) is 0.666. The van der Waals surface area contributed by atoms with Crippen LogP contribution in [0.1, 0.15) is 0 Å². The summed E-state index contributed by atoms with van der Waals surface area (Å²) in [5, 5.41) is 17.9. The largest absolute Gasteiger partial charge is 0.508 e.